The third kappa shape index (κ3) is 3.16. The summed E-state index contributed by atoms with van der Waals surface area (Å²) in [7, 11) is 2.93. The first-order valence-electron chi connectivity index (χ1n) is 5.86. The van der Waals surface area contributed by atoms with Crippen LogP contribution in [-0.2, 0) is 11.3 Å². The number of methoxy groups -OCH3 is 2. The Balaban J connectivity index is 2.14. The molecule has 0 saturated carbocycles. The van der Waals surface area contributed by atoms with E-state index in [1.165, 1.54) is 32.4 Å². The minimum atomic E-state index is -0.447. The number of amides is 1. The lowest BCUT2D eigenvalue weighted by molar-refractivity contribution is 0.0987. The van der Waals surface area contributed by atoms with E-state index >= 15 is 0 Å². The Morgan fingerprint density at radius 1 is 1.30 bits per heavy atom. The van der Waals surface area contributed by atoms with E-state index in [4.69, 9.17) is 13.9 Å². The molecule has 1 N–H and O–H groups in total. The highest BCUT2D eigenvalue weighted by Gasteiger charge is 2.14. The lowest BCUT2D eigenvalue weighted by Crippen LogP contribution is -2.11. The molecule has 5 nitrogen and oxygen atoms in total. The van der Waals surface area contributed by atoms with Crippen LogP contribution in [0.1, 0.15) is 16.3 Å². The van der Waals surface area contributed by atoms with Crippen LogP contribution in [0.2, 0.25) is 0 Å². The molecular formula is C14H14FNO4. The minimum Gasteiger partial charge on any atom is -0.494 e. The van der Waals surface area contributed by atoms with Crippen LogP contribution in [0.4, 0.5) is 10.1 Å². The highest BCUT2D eigenvalue weighted by Crippen LogP contribution is 2.25. The number of hydrogen-bond acceptors (Lipinski definition) is 4. The van der Waals surface area contributed by atoms with Gasteiger partial charge in [-0.05, 0) is 24.3 Å². The molecule has 20 heavy (non-hydrogen) atoms. The smallest absolute Gasteiger partial charge is 0.291 e. The largest absolute Gasteiger partial charge is 0.494 e. The fourth-order valence-electron chi connectivity index (χ4n) is 1.67. The Bertz CT molecular complexity index is 609. The van der Waals surface area contributed by atoms with Crippen molar-refractivity contribution < 1.29 is 23.1 Å². The minimum absolute atomic E-state index is 0.142. The van der Waals surface area contributed by atoms with Gasteiger partial charge in [-0.2, -0.15) is 0 Å². The van der Waals surface area contributed by atoms with E-state index in [0.717, 1.165) is 0 Å². The van der Waals surface area contributed by atoms with Crippen LogP contribution >= 0.6 is 0 Å². The fourth-order valence-corrected chi connectivity index (χ4v) is 1.67. The van der Waals surface area contributed by atoms with Gasteiger partial charge in [0.15, 0.2) is 5.76 Å². The summed E-state index contributed by atoms with van der Waals surface area (Å²) < 4.78 is 28.3. The highest BCUT2D eigenvalue weighted by atomic mass is 19.1. The zero-order valence-electron chi connectivity index (χ0n) is 11.1. The first-order chi connectivity index (χ1) is 9.63. The van der Waals surface area contributed by atoms with Crippen molar-refractivity contribution in [2.45, 2.75) is 6.61 Å². The molecule has 1 aromatic carbocycles. The summed E-state index contributed by atoms with van der Waals surface area (Å²) in [5.41, 5.74) is 0.364. The van der Waals surface area contributed by atoms with Crippen molar-refractivity contribution >= 4 is 11.6 Å². The zero-order chi connectivity index (χ0) is 14.5. The Labute approximate surface area is 115 Å². The molecule has 0 unspecified atom stereocenters. The Hall–Kier alpha value is -2.34. The van der Waals surface area contributed by atoms with Crippen molar-refractivity contribution in [3.05, 3.63) is 47.7 Å². The van der Waals surface area contributed by atoms with Gasteiger partial charge in [0, 0.05) is 13.2 Å². The van der Waals surface area contributed by atoms with Crippen LogP contribution < -0.4 is 10.1 Å². The molecule has 2 aromatic rings. The van der Waals surface area contributed by atoms with Crippen LogP contribution in [0.5, 0.6) is 5.75 Å². The number of hydrogen-bond donors (Lipinski definition) is 1. The third-order valence-electron chi connectivity index (χ3n) is 2.58. The van der Waals surface area contributed by atoms with Gasteiger partial charge in [0.1, 0.15) is 23.9 Å². The van der Waals surface area contributed by atoms with Gasteiger partial charge in [-0.15, -0.1) is 0 Å². The molecule has 2 rings (SSSR count). The quantitative estimate of drug-likeness (QED) is 0.914. The van der Waals surface area contributed by atoms with Crippen molar-refractivity contribution in [3.8, 4) is 5.75 Å². The molecule has 0 aliphatic rings. The van der Waals surface area contributed by atoms with Crippen molar-refractivity contribution in [1.29, 1.82) is 0 Å². The maximum atomic E-state index is 13.1. The maximum absolute atomic E-state index is 13.1. The van der Waals surface area contributed by atoms with E-state index in [1.807, 2.05) is 0 Å². The van der Waals surface area contributed by atoms with Gasteiger partial charge in [-0.1, -0.05) is 0 Å². The number of benzene rings is 1. The van der Waals surface area contributed by atoms with Crippen molar-refractivity contribution in [3.63, 3.8) is 0 Å². The van der Waals surface area contributed by atoms with Crippen molar-refractivity contribution in [1.82, 2.24) is 0 Å². The van der Waals surface area contributed by atoms with Gasteiger partial charge in [-0.3, -0.25) is 4.79 Å². The van der Waals surface area contributed by atoms with E-state index in [0.29, 0.717) is 11.4 Å². The number of halogens is 1. The van der Waals surface area contributed by atoms with Crippen LogP contribution in [0.25, 0.3) is 0 Å². The third-order valence-corrected chi connectivity index (χ3v) is 2.58. The van der Waals surface area contributed by atoms with E-state index in [9.17, 15) is 9.18 Å². The number of anilines is 1. The SMILES string of the molecule is COCc1ccc(C(=O)Nc2ccc(F)cc2OC)o1. The molecule has 1 aromatic heterocycles. The Morgan fingerprint density at radius 3 is 2.80 bits per heavy atom. The Morgan fingerprint density at radius 2 is 2.10 bits per heavy atom. The number of carbonyl (C=O) groups excluding carboxylic acids is 1. The molecule has 0 saturated heterocycles. The van der Waals surface area contributed by atoms with Gasteiger partial charge in [0.2, 0.25) is 0 Å². The molecule has 0 aliphatic heterocycles. The molecular weight excluding hydrogens is 265 g/mol. The zero-order valence-corrected chi connectivity index (χ0v) is 11.1. The maximum Gasteiger partial charge on any atom is 0.291 e. The molecule has 0 spiro atoms. The molecule has 0 radical (unpaired) electrons. The van der Waals surface area contributed by atoms with Crippen LogP contribution in [0.3, 0.4) is 0 Å². The van der Waals surface area contributed by atoms with Crippen LogP contribution in [-0.4, -0.2) is 20.1 Å². The lowest BCUT2D eigenvalue weighted by Gasteiger charge is -2.09. The molecule has 0 atom stereocenters. The van der Waals surface area contributed by atoms with Gasteiger partial charge in [0.25, 0.3) is 5.91 Å². The number of carbonyl (C=O) groups is 1. The summed E-state index contributed by atoms with van der Waals surface area (Å²) in [5, 5.41) is 2.60. The van der Waals surface area contributed by atoms with E-state index < -0.39 is 11.7 Å². The number of ether oxygens (including phenoxy) is 2. The second kappa shape index (κ2) is 6.21. The average Bonchev–Trinajstić information content (AvgIpc) is 2.90. The van der Waals surface area contributed by atoms with E-state index in [2.05, 4.69) is 5.32 Å². The summed E-state index contributed by atoms with van der Waals surface area (Å²) in [4.78, 5) is 12.0. The number of rotatable bonds is 5. The first kappa shape index (κ1) is 14.1. The predicted octanol–water partition coefficient (Wildman–Crippen LogP) is 2.83. The lowest BCUT2D eigenvalue weighted by atomic mass is 10.2. The molecule has 6 heteroatoms. The van der Waals surface area contributed by atoms with E-state index in [-0.39, 0.29) is 18.1 Å². The molecule has 0 aliphatic carbocycles. The molecule has 1 heterocycles. The van der Waals surface area contributed by atoms with Gasteiger partial charge in [-0.25, -0.2) is 4.39 Å². The van der Waals surface area contributed by atoms with Crippen LogP contribution in [0.15, 0.2) is 34.7 Å². The normalized spacial score (nSPS) is 10.3. The average molecular weight is 279 g/mol. The number of furan rings is 1. The summed E-state index contributed by atoms with van der Waals surface area (Å²) in [6.07, 6.45) is 0. The van der Waals surface area contributed by atoms with Crippen molar-refractivity contribution in [2.24, 2.45) is 0 Å². The molecule has 0 bridgehead atoms. The summed E-state index contributed by atoms with van der Waals surface area (Å²) in [5.74, 6) is 0.0339. The predicted molar refractivity (Wildman–Crippen MR) is 70.3 cm³/mol. The molecule has 0 fully saturated rings. The highest BCUT2D eigenvalue weighted by molar-refractivity contribution is 6.03. The molecule has 1 amide bonds. The summed E-state index contributed by atoms with van der Waals surface area (Å²) in [6.45, 7) is 0.285. The van der Waals surface area contributed by atoms with E-state index in [1.54, 1.807) is 12.1 Å². The van der Waals surface area contributed by atoms with Gasteiger partial charge >= 0.3 is 0 Å². The number of nitrogens with one attached hydrogen (secondary N) is 1. The van der Waals surface area contributed by atoms with Gasteiger partial charge < -0.3 is 19.2 Å². The fraction of sp³-hybridized carbons (Fsp3) is 0.214. The second-order valence-corrected chi connectivity index (χ2v) is 4.00. The Kier molecular flexibility index (Phi) is 4.37. The molecule has 106 valence electrons. The summed E-state index contributed by atoms with van der Waals surface area (Å²) >= 11 is 0. The monoisotopic (exact) mass is 279 g/mol. The topological polar surface area (TPSA) is 60.7 Å². The van der Waals surface area contributed by atoms with Crippen molar-refractivity contribution in [2.75, 3.05) is 19.5 Å². The first-order valence-corrected chi connectivity index (χ1v) is 5.86. The second-order valence-electron chi connectivity index (χ2n) is 4.00. The standard InChI is InChI=1S/C14H14FNO4/c1-18-8-10-4-6-12(20-10)14(17)16-11-5-3-9(15)7-13(11)19-2/h3-7H,8H2,1-2H3,(H,16,17). The van der Waals surface area contributed by atoms with Crippen LogP contribution in [0, 0.1) is 5.82 Å². The van der Waals surface area contributed by atoms with Gasteiger partial charge in [0.05, 0.1) is 12.8 Å². The summed E-state index contributed by atoms with van der Waals surface area (Å²) in [6, 6.07) is 7.04.